The lowest BCUT2D eigenvalue weighted by molar-refractivity contribution is -0.137. The first-order valence-electron chi connectivity index (χ1n) is 6.44. The quantitative estimate of drug-likeness (QED) is 0.565. The summed E-state index contributed by atoms with van der Waals surface area (Å²) in [5, 5.41) is 9.35. The number of thiophene rings is 1. The first-order chi connectivity index (χ1) is 10.8. The fraction of sp³-hybridized carbons (Fsp3) is 0.133. The first-order valence-corrected chi connectivity index (χ1v) is 8.33. The Kier molecular flexibility index (Phi) is 4.13. The van der Waals surface area contributed by atoms with Crippen molar-refractivity contribution in [2.24, 2.45) is 0 Å². The van der Waals surface area contributed by atoms with Crippen LogP contribution in [0.3, 0.4) is 0 Å². The molecule has 0 spiro atoms. The van der Waals surface area contributed by atoms with Crippen molar-refractivity contribution in [3.05, 3.63) is 56.1 Å². The standard InChI is InChI=1S/C15H9F3INO2S/c16-15(17,18)9-3-1-8(2-4-9)7-20-6-5-10-12(20)11(14(21)22)13(19)23-10/h1-6H,7H2,(H,21,22). The van der Waals surface area contributed by atoms with Crippen molar-refractivity contribution < 1.29 is 23.1 Å². The van der Waals surface area contributed by atoms with Crippen LogP contribution in [0.4, 0.5) is 13.2 Å². The number of nitrogens with zero attached hydrogens (tertiary/aromatic N) is 1. The zero-order chi connectivity index (χ0) is 16.8. The number of alkyl halides is 3. The van der Waals surface area contributed by atoms with Crippen LogP contribution in [0.25, 0.3) is 10.2 Å². The van der Waals surface area contributed by atoms with E-state index in [1.54, 1.807) is 10.8 Å². The average Bonchev–Trinajstić information content (AvgIpc) is 2.97. The minimum atomic E-state index is -4.36. The van der Waals surface area contributed by atoms with Gasteiger partial charge in [-0.05, 0) is 46.4 Å². The number of benzene rings is 1. The number of carboxylic acids is 1. The summed E-state index contributed by atoms with van der Waals surface area (Å²) in [5.41, 5.74) is 0.817. The van der Waals surface area contributed by atoms with E-state index in [-0.39, 0.29) is 5.56 Å². The number of halogens is 4. The molecule has 3 rings (SSSR count). The van der Waals surface area contributed by atoms with Crippen LogP contribution in [-0.4, -0.2) is 15.6 Å². The van der Waals surface area contributed by atoms with Gasteiger partial charge in [0.05, 0.1) is 18.7 Å². The van der Waals surface area contributed by atoms with E-state index in [9.17, 15) is 23.1 Å². The number of carboxylic acid groups (broad SMARTS) is 1. The van der Waals surface area contributed by atoms with Gasteiger partial charge in [0.1, 0.15) is 5.56 Å². The number of hydrogen-bond acceptors (Lipinski definition) is 2. The zero-order valence-corrected chi connectivity index (χ0v) is 14.4. The van der Waals surface area contributed by atoms with Gasteiger partial charge in [-0.2, -0.15) is 13.2 Å². The Hall–Kier alpha value is -1.55. The number of hydrogen-bond donors (Lipinski definition) is 1. The lowest BCUT2D eigenvalue weighted by Crippen LogP contribution is -2.06. The Labute approximate surface area is 146 Å². The van der Waals surface area contributed by atoms with Gasteiger partial charge in [0, 0.05) is 12.7 Å². The number of aromatic nitrogens is 1. The number of carbonyl (C=O) groups is 1. The SMILES string of the molecule is O=C(O)c1c(I)sc2ccn(Cc3ccc(C(F)(F)F)cc3)c12. The number of rotatable bonds is 3. The van der Waals surface area contributed by atoms with E-state index in [0.29, 0.717) is 20.5 Å². The van der Waals surface area contributed by atoms with Gasteiger partial charge in [-0.3, -0.25) is 0 Å². The van der Waals surface area contributed by atoms with Gasteiger partial charge in [-0.25, -0.2) is 4.79 Å². The Bertz CT molecular complexity index is 881. The highest BCUT2D eigenvalue weighted by Crippen LogP contribution is 2.34. The normalized spacial score (nSPS) is 12.0. The Balaban J connectivity index is 1.97. The van der Waals surface area contributed by atoms with Crippen molar-refractivity contribution in [2.45, 2.75) is 12.7 Å². The second kappa shape index (κ2) is 5.82. The highest BCUT2D eigenvalue weighted by Gasteiger charge is 2.30. The van der Waals surface area contributed by atoms with Crippen molar-refractivity contribution in [1.29, 1.82) is 0 Å². The van der Waals surface area contributed by atoms with Crippen molar-refractivity contribution in [3.8, 4) is 0 Å². The van der Waals surface area contributed by atoms with Crippen molar-refractivity contribution in [2.75, 3.05) is 0 Å². The van der Waals surface area contributed by atoms with Gasteiger partial charge in [-0.1, -0.05) is 12.1 Å². The minimum Gasteiger partial charge on any atom is -0.478 e. The van der Waals surface area contributed by atoms with E-state index < -0.39 is 17.7 Å². The second-order valence-electron chi connectivity index (χ2n) is 4.91. The molecule has 8 heteroatoms. The zero-order valence-electron chi connectivity index (χ0n) is 11.4. The predicted octanol–water partition coefficient (Wildman–Crippen LogP) is 5.07. The van der Waals surface area contributed by atoms with Crippen LogP contribution >= 0.6 is 33.9 Å². The molecule has 1 N–H and O–H groups in total. The monoisotopic (exact) mass is 451 g/mol. The lowest BCUT2D eigenvalue weighted by Gasteiger charge is -2.09. The number of fused-ring (bicyclic) bond motifs is 1. The lowest BCUT2D eigenvalue weighted by atomic mass is 10.1. The van der Waals surface area contributed by atoms with Crippen molar-refractivity contribution in [1.82, 2.24) is 4.57 Å². The fourth-order valence-electron chi connectivity index (χ4n) is 2.36. The molecule has 0 atom stereocenters. The van der Waals surface area contributed by atoms with E-state index >= 15 is 0 Å². The highest BCUT2D eigenvalue weighted by atomic mass is 127. The third kappa shape index (κ3) is 3.09. The third-order valence-corrected chi connectivity index (χ3v) is 5.54. The molecule has 0 radical (unpaired) electrons. The van der Waals surface area contributed by atoms with E-state index in [2.05, 4.69) is 0 Å². The van der Waals surface area contributed by atoms with Crippen LogP contribution in [0.5, 0.6) is 0 Å². The molecule has 0 amide bonds. The summed E-state index contributed by atoms with van der Waals surface area (Å²) >= 11 is 3.37. The second-order valence-corrected chi connectivity index (χ2v) is 7.77. The maximum atomic E-state index is 12.6. The molecule has 120 valence electrons. The predicted molar refractivity (Wildman–Crippen MR) is 90.0 cm³/mol. The molecule has 2 heterocycles. The molecule has 0 fully saturated rings. The maximum Gasteiger partial charge on any atom is 0.416 e. The highest BCUT2D eigenvalue weighted by molar-refractivity contribution is 14.1. The summed E-state index contributed by atoms with van der Waals surface area (Å²) < 4.78 is 41.0. The molecule has 0 bridgehead atoms. The van der Waals surface area contributed by atoms with E-state index in [1.165, 1.54) is 23.5 Å². The Morgan fingerprint density at radius 2 is 1.87 bits per heavy atom. The number of aromatic carboxylic acids is 1. The fourth-order valence-corrected chi connectivity index (χ4v) is 4.48. The smallest absolute Gasteiger partial charge is 0.416 e. The largest absolute Gasteiger partial charge is 0.478 e. The molecule has 1 aromatic carbocycles. The van der Waals surface area contributed by atoms with Crippen LogP contribution in [0, 0.1) is 2.88 Å². The molecule has 0 aliphatic heterocycles. The molecule has 23 heavy (non-hydrogen) atoms. The summed E-state index contributed by atoms with van der Waals surface area (Å²) in [7, 11) is 0. The molecule has 3 nitrogen and oxygen atoms in total. The molecule has 0 aliphatic carbocycles. The summed E-state index contributed by atoms with van der Waals surface area (Å²) in [5.74, 6) is -1.01. The molecule has 0 saturated carbocycles. The summed E-state index contributed by atoms with van der Waals surface area (Å²) in [4.78, 5) is 11.4. The van der Waals surface area contributed by atoms with Crippen LogP contribution in [0.15, 0.2) is 36.5 Å². The molecule has 0 saturated heterocycles. The van der Waals surface area contributed by atoms with Crippen LogP contribution < -0.4 is 0 Å². The van der Waals surface area contributed by atoms with Gasteiger partial charge in [0.2, 0.25) is 0 Å². The summed E-state index contributed by atoms with van der Waals surface area (Å²) in [6, 6.07) is 6.70. The van der Waals surface area contributed by atoms with E-state index in [0.717, 1.165) is 16.8 Å². The van der Waals surface area contributed by atoms with Crippen molar-refractivity contribution in [3.63, 3.8) is 0 Å². The molecule has 0 aliphatic rings. The van der Waals surface area contributed by atoms with E-state index in [4.69, 9.17) is 0 Å². The van der Waals surface area contributed by atoms with E-state index in [1.807, 2.05) is 28.7 Å². The van der Waals surface area contributed by atoms with Gasteiger partial charge < -0.3 is 9.67 Å². The van der Waals surface area contributed by atoms with Crippen LogP contribution in [-0.2, 0) is 12.7 Å². The third-order valence-electron chi connectivity index (χ3n) is 3.41. The molecular weight excluding hydrogens is 442 g/mol. The summed E-state index contributed by atoms with van der Waals surface area (Å²) in [6.07, 6.45) is -2.61. The van der Waals surface area contributed by atoms with Crippen LogP contribution in [0.1, 0.15) is 21.5 Å². The van der Waals surface area contributed by atoms with Crippen LogP contribution in [0.2, 0.25) is 0 Å². The molecule has 3 aromatic rings. The minimum absolute atomic E-state index is 0.238. The molecular formula is C15H9F3INO2S. The van der Waals surface area contributed by atoms with Gasteiger partial charge in [-0.15, -0.1) is 11.3 Å². The van der Waals surface area contributed by atoms with Gasteiger partial charge in [0.15, 0.2) is 0 Å². The molecule has 0 unspecified atom stereocenters. The molecule has 2 aromatic heterocycles. The average molecular weight is 451 g/mol. The Morgan fingerprint density at radius 1 is 1.22 bits per heavy atom. The van der Waals surface area contributed by atoms with Gasteiger partial charge in [0.25, 0.3) is 0 Å². The van der Waals surface area contributed by atoms with Crippen molar-refractivity contribution >= 4 is 50.1 Å². The Morgan fingerprint density at radius 3 is 2.43 bits per heavy atom. The summed E-state index contributed by atoms with van der Waals surface area (Å²) in [6.45, 7) is 0.314. The topological polar surface area (TPSA) is 42.2 Å². The van der Waals surface area contributed by atoms with Gasteiger partial charge >= 0.3 is 12.1 Å². The maximum absolute atomic E-state index is 12.6. The first kappa shape index (κ1) is 16.3.